The van der Waals surface area contributed by atoms with Crippen molar-refractivity contribution in [1.29, 1.82) is 0 Å². The molecule has 1 N–H and O–H groups in total. The van der Waals surface area contributed by atoms with Gasteiger partial charge in [-0.15, -0.1) is 0 Å². The van der Waals surface area contributed by atoms with Gasteiger partial charge in [0.25, 0.3) is 5.91 Å². The molecule has 4 aromatic rings. The largest absolute Gasteiger partial charge is 0.497 e. The maximum atomic E-state index is 13.8. The molecule has 2 aromatic carbocycles. The molecule has 4 rings (SSSR count). The minimum Gasteiger partial charge on any atom is -0.497 e. The first-order valence-electron chi connectivity index (χ1n) is 11.4. The summed E-state index contributed by atoms with van der Waals surface area (Å²) >= 11 is 1.31. The number of anilines is 3. The van der Waals surface area contributed by atoms with Crippen LogP contribution >= 0.6 is 11.3 Å². The SMILES string of the molecule is COc1ccc(CN(C(=O)c2cnc(Nc3cc(C)nc(C)n3)s2)c2ccccc2C(C)C)cc1. The summed E-state index contributed by atoms with van der Waals surface area (Å²) in [6.07, 6.45) is 1.62. The molecule has 180 valence electrons. The van der Waals surface area contributed by atoms with Crippen LogP contribution < -0.4 is 15.0 Å². The summed E-state index contributed by atoms with van der Waals surface area (Å²) in [6.45, 7) is 8.46. The van der Waals surface area contributed by atoms with Gasteiger partial charge in [-0.2, -0.15) is 0 Å². The van der Waals surface area contributed by atoms with E-state index in [1.807, 2.05) is 67.3 Å². The lowest BCUT2D eigenvalue weighted by Gasteiger charge is -2.26. The molecule has 2 aromatic heterocycles. The average molecular weight is 488 g/mol. The van der Waals surface area contributed by atoms with Gasteiger partial charge in [0.15, 0.2) is 5.13 Å². The Kier molecular flexibility index (Phi) is 7.41. The first-order chi connectivity index (χ1) is 16.8. The quantitative estimate of drug-likeness (QED) is 0.315. The van der Waals surface area contributed by atoms with Crippen molar-refractivity contribution in [1.82, 2.24) is 15.0 Å². The van der Waals surface area contributed by atoms with Crippen molar-refractivity contribution in [2.45, 2.75) is 40.2 Å². The number of amides is 1. The van der Waals surface area contributed by atoms with Crippen LogP contribution in [0.15, 0.2) is 60.8 Å². The highest BCUT2D eigenvalue weighted by molar-refractivity contribution is 7.17. The van der Waals surface area contributed by atoms with Gasteiger partial charge in [0.2, 0.25) is 0 Å². The van der Waals surface area contributed by atoms with Crippen molar-refractivity contribution in [2.24, 2.45) is 0 Å². The number of benzene rings is 2. The van der Waals surface area contributed by atoms with Crippen molar-refractivity contribution in [2.75, 3.05) is 17.3 Å². The van der Waals surface area contributed by atoms with E-state index in [1.165, 1.54) is 11.3 Å². The van der Waals surface area contributed by atoms with Gasteiger partial charge in [0.1, 0.15) is 22.3 Å². The molecule has 2 heterocycles. The van der Waals surface area contributed by atoms with Gasteiger partial charge in [-0.05, 0) is 49.1 Å². The second-order valence-corrected chi connectivity index (χ2v) is 9.58. The Morgan fingerprint density at radius 3 is 2.51 bits per heavy atom. The molecule has 0 radical (unpaired) electrons. The summed E-state index contributed by atoms with van der Waals surface area (Å²) in [7, 11) is 1.64. The summed E-state index contributed by atoms with van der Waals surface area (Å²) < 4.78 is 5.29. The first kappa shape index (κ1) is 24.3. The molecule has 0 saturated heterocycles. The number of rotatable bonds is 8. The fourth-order valence-corrected chi connectivity index (χ4v) is 4.63. The molecule has 0 aliphatic heterocycles. The van der Waals surface area contributed by atoms with E-state index in [0.29, 0.717) is 28.2 Å². The smallest absolute Gasteiger partial charge is 0.270 e. The molecule has 0 unspecified atom stereocenters. The third kappa shape index (κ3) is 5.84. The highest BCUT2D eigenvalue weighted by Crippen LogP contribution is 2.32. The number of nitrogens with one attached hydrogen (secondary N) is 1. The molecule has 0 bridgehead atoms. The van der Waals surface area contributed by atoms with Gasteiger partial charge in [-0.1, -0.05) is 55.5 Å². The van der Waals surface area contributed by atoms with Gasteiger partial charge < -0.3 is 15.0 Å². The number of methoxy groups -OCH3 is 1. The van der Waals surface area contributed by atoms with Crippen molar-refractivity contribution in [3.8, 4) is 5.75 Å². The molecule has 7 nitrogen and oxygen atoms in total. The second kappa shape index (κ2) is 10.7. The number of hydrogen-bond acceptors (Lipinski definition) is 7. The van der Waals surface area contributed by atoms with Crippen LogP contribution in [0, 0.1) is 13.8 Å². The molecule has 0 spiro atoms. The van der Waals surface area contributed by atoms with Crippen LogP contribution in [-0.2, 0) is 6.54 Å². The zero-order valence-corrected chi connectivity index (χ0v) is 21.4. The van der Waals surface area contributed by atoms with Crippen LogP contribution in [0.25, 0.3) is 0 Å². The van der Waals surface area contributed by atoms with Crippen LogP contribution in [0.2, 0.25) is 0 Å². The van der Waals surface area contributed by atoms with Gasteiger partial charge >= 0.3 is 0 Å². The fourth-order valence-electron chi connectivity index (χ4n) is 3.86. The van der Waals surface area contributed by atoms with Crippen LogP contribution in [0.1, 0.15) is 52.1 Å². The number of hydrogen-bond donors (Lipinski definition) is 1. The van der Waals surface area contributed by atoms with Crippen molar-refractivity contribution in [3.05, 3.63) is 88.3 Å². The number of para-hydroxylation sites is 1. The highest BCUT2D eigenvalue weighted by Gasteiger charge is 2.24. The number of nitrogens with zero attached hydrogens (tertiary/aromatic N) is 4. The maximum absolute atomic E-state index is 13.8. The van der Waals surface area contributed by atoms with Gasteiger partial charge in [-0.3, -0.25) is 4.79 Å². The predicted octanol–water partition coefficient (Wildman–Crippen LogP) is 6.27. The summed E-state index contributed by atoms with van der Waals surface area (Å²) in [4.78, 5) is 29.4. The van der Waals surface area contributed by atoms with Crippen LogP contribution in [0.5, 0.6) is 5.75 Å². The van der Waals surface area contributed by atoms with E-state index in [1.54, 1.807) is 13.3 Å². The number of thiazole rings is 1. The Bertz CT molecular complexity index is 1300. The van der Waals surface area contributed by atoms with E-state index in [0.717, 1.165) is 28.3 Å². The zero-order chi connectivity index (χ0) is 24.9. The first-order valence-corrected chi connectivity index (χ1v) is 12.2. The molecule has 0 saturated carbocycles. The molecule has 0 atom stereocenters. The van der Waals surface area contributed by atoms with Crippen molar-refractivity contribution in [3.63, 3.8) is 0 Å². The number of carbonyl (C=O) groups excluding carboxylic acids is 1. The normalized spacial score (nSPS) is 10.9. The molecular formula is C27H29N5O2S. The lowest BCUT2D eigenvalue weighted by atomic mass is 10.00. The zero-order valence-electron chi connectivity index (χ0n) is 20.6. The van der Waals surface area contributed by atoms with Gasteiger partial charge in [0, 0.05) is 17.4 Å². The maximum Gasteiger partial charge on any atom is 0.270 e. The van der Waals surface area contributed by atoms with E-state index >= 15 is 0 Å². The van der Waals surface area contributed by atoms with Gasteiger partial charge in [0.05, 0.1) is 19.9 Å². The third-order valence-corrected chi connectivity index (χ3v) is 6.41. The highest BCUT2D eigenvalue weighted by atomic mass is 32.1. The molecule has 8 heteroatoms. The minimum atomic E-state index is -0.102. The van der Waals surface area contributed by atoms with E-state index < -0.39 is 0 Å². The summed E-state index contributed by atoms with van der Waals surface area (Å²) in [6, 6.07) is 17.7. The summed E-state index contributed by atoms with van der Waals surface area (Å²) in [5, 5.41) is 3.81. The Hall–Kier alpha value is -3.78. The molecule has 1 amide bonds. The molecule has 35 heavy (non-hydrogen) atoms. The predicted molar refractivity (Wildman–Crippen MR) is 141 cm³/mol. The lowest BCUT2D eigenvalue weighted by molar-refractivity contribution is 0.0988. The third-order valence-electron chi connectivity index (χ3n) is 5.51. The van der Waals surface area contributed by atoms with Gasteiger partial charge in [-0.25, -0.2) is 15.0 Å². The summed E-state index contributed by atoms with van der Waals surface area (Å²) in [5.41, 5.74) is 3.88. The lowest BCUT2D eigenvalue weighted by Crippen LogP contribution is -2.30. The Labute approximate surface area is 209 Å². The standard InChI is InChI=1S/C27H29N5O2S/c1-17(2)22-8-6-7-9-23(22)32(16-20-10-12-21(34-5)13-11-20)26(33)24-15-28-27(35-24)31-25-14-18(3)29-19(4)30-25/h6-15,17H,16H2,1-5H3,(H,28,29,30,31). The molecule has 0 aliphatic rings. The van der Waals surface area contributed by atoms with Crippen molar-refractivity contribution >= 4 is 33.9 Å². The number of aryl methyl sites for hydroxylation is 2. The Balaban J connectivity index is 1.66. The minimum absolute atomic E-state index is 0.102. The monoisotopic (exact) mass is 487 g/mol. The van der Waals surface area contributed by atoms with Crippen molar-refractivity contribution < 1.29 is 9.53 Å². The fraction of sp³-hybridized carbons (Fsp3) is 0.259. The van der Waals surface area contributed by atoms with E-state index in [2.05, 4.69) is 40.2 Å². The van der Waals surface area contributed by atoms with E-state index in [9.17, 15) is 4.79 Å². The number of carbonyl (C=O) groups is 1. The number of ether oxygens (including phenoxy) is 1. The second-order valence-electron chi connectivity index (χ2n) is 8.55. The summed E-state index contributed by atoms with van der Waals surface area (Å²) in [5.74, 6) is 2.28. The molecular weight excluding hydrogens is 458 g/mol. The van der Waals surface area contributed by atoms with E-state index in [-0.39, 0.29) is 11.8 Å². The average Bonchev–Trinajstić information content (AvgIpc) is 3.30. The molecule has 0 fully saturated rings. The Morgan fingerprint density at radius 2 is 1.83 bits per heavy atom. The molecule has 0 aliphatic carbocycles. The van der Waals surface area contributed by atoms with E-state index in [4.69, 9.17) is 4.74 Å². The van der Waals surface area contributed by atoms with Crippen LogP contribution in [-0.4, -0.2) is 28.0 Å². The Morgan fingerprint density at radius 1 is 1.09 bits per heavy atom. The van der Waals surface area contributed by atoms with Crippen LogP contribution in [0.4, 0.5) is 16.6 Å². The topological polar surface area (TPSA) is 80.2 Å². The van der Waals surface area contributed by atoms with Crippen LogP contribution in [0.3, 0.4) is 0 Å². The number of aromatic nitrogens is 3.